The molecule has 0 spiro atoms. The summed E-state index contributed by atoms with van der Waals surface area (Å²) in [6.45, 7) is 4.17. The maximum Gasteiger partial charge on any atom is 0.416 e. The maximum absolute atomic E-state index is 13.5. The molecule has 10 nitrogen and oxygen atoms in total. The fourth-order valence-electron chi connectivity index (χ4n) is 4.38. The number of anilines is 1. The Bertz CT molecular complexity index is 1140. The molecule has 3 amide bonds. The topological polar surface area (TPSA) is 100 Å². The molecule has 3 heterocycles. The molecule has 2 fully saturated rings. The molecular formula is C24H29F3N6O4. The lowest BCUT2D eigenvalue weighted by atomic mass is 10.1. The second-order valence-electron chi connectivity index (χ2n) is 9.11. The lowest BCUT2D eigenvalue weighted by Gasteiger charge is -2.34. The summed E-state index contributed by atoms with van der Waals surface area (Å²) < 4.78 is 47.2. The number of piperazine rings is 1. The fourth-order valence-corrected chi connectivity index (χ4v) is 4.38. The molecule has 0 radical (unpaired) electrons. The van der Waals surface area contributed by atoms with E-state index in [1.54, 1.807) is 9.80 Å². The van der Waals surface area contributed by atoms with E-state index in [9.17, 15) is 27.6 Å². The molecule has 0 bridgehead atoms. The molecule has 0 aliphatic carbocycles. The van der Waals surface area contributed by atoms with Crippen LogP contribution in [0.1, 0.15) is 30.9 Å². The number of aromatic nitrogens is 2. The number of hydrogen-bond donors (Lipinski definition) is 1. The van der Waals surface area contributed by atoms with Gasteiger partial charge in [0.2, 0.25) is 5.91 Å². The number of amides is 3. The van der Waals surface area contributed by atoms with Crippen molar-refractivity contribution in [3.63, 3.8) is 0 Å². The summed E-state index contributed by atoms with van der Waals surface area (Å²) in [5.74, 6) is -0.268. The monoisotopic (exact) mass is 522 g/mol. The van der Waals surface area contributed by atoms with Gasteiger partial charge in [-0.05, 0) is 36.6 Å². The van der Waals surface area contributed by atoms with Crippen molar-refractivity contribution in [3.8, 4) is 5.75 Å². The zero-order valence-corrected chi connectivity index (χ0v) is 20.5. The number of alkyl halides is 3. The molecule has 0 saturated carbocycles. The number of rotatable bonds is 6. The van der Waals surface area contributed by atoms with E-state index in [-0.39, 0.29) is 42.6 Å². The summed E-state index contributed by atoms with van der Waals surface area (Å²) in [5.41, 5.74) is -0.429. The lowest BCUT2D eigenvalue weighted by Crippen LogP contribution is -2.49. The number of ether oxygens (including phenoxy) is 1. The Labute approximate surface area is 211 Å². The van der Waals surface area contributed by atoms with Crippen LogP contribution in [0.4, 0.5) is 23.8 Å². The Morgan fingerprint density at radius 3 is 2.35 bits per heavy atom. The van der Waals surface area contributed by atoms with E-state index in [1.807, 2.05) is 4.90 Å². The minimum atomic E-state index is -4.56. The molecule has 2 aliphatic rings. The van der Waals surface area contributed by atoms with Gasteiger partial charge in [0.05, 0.1) is 5.56 Å². The average molecular weight is 523 g/mol. The van der Waals surface area contributed by atoms with Gasteiger partial charge in [0.25, 0.3) is 5.91 Å². The van der Waals surface area contributed by atoms with Crippen LogP contribution in [-0.2, 0) is 22.3 Å². The summed E-state index contributed by atoms with van der Waals surface area (Å²) in [6, 6.07) is 4.68. The summed E-state index contributed by atoms with van der Waals surface area (Å²) >= 11 is 0. The van der Waals surface area contributed by atoms with Gasteiger partial charge >= 0.3 is 12.2 Å². The standard InChI is InChI=1S/C24H29F3N6O4/c1-17(34)28-21-4-7-33(29-21)23(36)32-10-8-30(9-11-32)15-18-12-19(24(25,26)27)14-20(13-18)37-16-22(35)31-5-2-3-6-31/h4,7,12-14H,2-3,5-6,8-11,15-16H2,1H3,(H,28,29,34). The van der Waals surface area contributed by atoms with E-state index >= 15 is 0 Å². The second kappa shape index (κ2) is 11.2. The quantitative estimate of drug-likeness (QED) is 0.626. The molecule has 1 aromatic carbocycles. The fraction of sp³-hybridized carbons (Fsp3) is 0.500. The predicted molar refractivity (Wildman–Crippen MR) is 127 cm³/mol. The van der Waals surface area contributed by atoms with Crippen LogP contribution in [-0.4, -0.2) is 88.2 Å². The first-order chi connectivity index (χ1) is 17.6. The van der Waals surface area contributed by atoms with Crippen LogP contribution in [0.2, 0.25) is 0 Å². The summed E-state index contributed by atoms with van der Waals surface area (Å²) in [7, 11) is 0. The van der Waals surface area contributed by atoms with Crippen molar-refractivity contribution in [2.24, 2.45) is 0 Å². The zero-order valence-electron chi connectivity index (χ0n) is 20.5. The highest BCUT2D eigenvalue weighted by Crippen LogP contribution is 2.33. The number of hydrogen-bond acceptors (Lipinski definition) is 6. The Morgan fingerprint density at radius 2 is 1.70 bits per heavy atom. The van der Waals surface area contributed by atoms with Crippen LogP contribution < -0.4 is 10.1 Å². The molecule has 4 rings (SSSR count). The molecule has 2 saturated heterocycles. The van der Waals surface area contributed by atoms with Gasteiger partial charge in [0.15, 0.2) is 12.4 Å². The number of halogens is 3. The van der Waals surface area contributed by atoms with Gasteiger partial charge in [-0.1, -0.05) is 0 Å². The summed E-state index contributed by atoms with van der Waals surface area (Å²) in [4.78, 5) is 41.3. The highest BCUT2D eigenvalue weighted by atomic mass is 19.4. The SMILES string of the molecule is CC(=O)Nc1ccn(C(=O)N2CCN(Cc3cc(OCC(=O)N4CCCC4)cc(C(F)(F)F)c3)CC2)n1. The van der Waals surface area contributed by atoms with E-state index in [1.165, 1.54) is 25.3 Å². The van der Waals surface area contributed by atoms with E-state index in [0.717, 1.165) is 29.7 Å². The molecular weight excluding hydrogens is 493 g/mol. The van der Waals surface area contributed by atoms with Crippen molar-refractivity contribution in [2.45, 2.75) is 32.5 Å². The number of benzene rings is 1. The lowest BCUT2D eigenvalue weighted by molar-refractivity contribution is -0.137. The van der Waals surface area contributed by atoms with Gasteiger partial charge in [0.1, 0.15) is 5.75 Å². The summed E-state index contributed by atoms with van der Waals surface area (Å²) in [5, 5.41) is 6.55. The minimum Gasteiger partial charge on any atom is -0.484 e. The Morgan fingerprint density at radius 1 is 1.00 bits per heavy atom. The van der Waals surface area contributed by atoms with Crippen LogP contribution in [0.3, 0.4) is 0 Å². The third-order valence-electron chi connectivity index (χ3n) is 6.25. The molecule has 2 aromatic rings. The van der Waals surface area contributed by atoms with Crippen LogP contribution >= 0.6 is 0 Å². The van der Waals surface area contributed by atoms with Crippen molar-refractivity contribution < 1.29 is 32.3 Å². The zero-order chi connectivity index (χ0) is 26.6. The minimum absolute atomic E-state index is 0.000146. The van der Waals surface area contributed by atoms with E-state index < -0.39 is 11.7 Å². The van der Waals surface area contributed by atoms with Crippen molar-refractivity contribution >= 4 is 23.7 Å². The largest absolute Gasteiger partial charge is 0.484 e. The van der Waals surface area contributed by atoms with Crippen LogP contribution in [0.5, 0.6) is 5.75 Å². The van der Waals surface area contributed by atoms with Crippen LogP contribution in [0.25, 0.3) is 0 Å². The number of nitrogens with one attached hydrogen (secondary N) is 1. The van der Waals surface area contributed by atoms with Crippen LogP contribution in [0.15, 0.2) is 30.5 Å². The predicted octanol–water partition coefficient (Wildman–Crippen LogP) is 2.65. The third kappa shape index (κ3) is 7.00. The second-order valence-corrected chi connectivity index (χ2v) is 9.11. The van der Waals surface area contributed by atoms with Gasteiger partial charge in [-0.15, -0.1) is 5.10 Å². The number of likely N-dealkylation sites (tertiary alicyclic amines) is 1. The average Bonchev–Trinajstić information content (AvgIpc) is 3.54. The smallest absolute Gasteiger partial charge is 0.416 e. The van der Waals surface area contributed by atoms with E-state index in [0.29, 0.717) is 44.8 Å². The van der Waals surface area contributed by atoms with E-state index in [2.05, 4.69) is 10.4 Å². The molecule has 200 valence electrons. The normalized spacial score (nSPS) is 16.6. The highest BCUT2D eigenvalue weighted by Gasteiger charge is 2.32. The molecule has 13 heteroatoms. The molecule has 37 heavy (non-hydrogen) atoms. The Balaban J connectivity index is 1.36. The first kappa shape index (κ1) is 26.5. The molecule has 2 aliphatic heterocycles. The number of carbonyl (C=O) groups is 3. The van der Waals surface area contributed by atoms with Gasteiger partial charge in [-0.2, -0.15) is 17.9 Å². The molecule has 0 unspecified atom stereocenters. The maximum atomic E-state index is 13.5. The number of nitrogens with zero attached hydrogens (tertiary/aromatic N) is 5. The van der Waals surface area contributed by atoms with Crippen molar-refractivity contribution in [3.05, 3.63) is 41.6 Å². The van der Waals surface area contributed by atoms with Gasteiger partial charge in [0, 0.05) is 65.0 Å². The van der Waals surface area contributed by atoms with Crippen LogP contribution in [0, 0.1) is 0 Å². The van der Waals surface area contributed by atoms with Gasteiger partial charge in [-0.25, -0.2) is 4.79 Å². The van der Waals surface area contributed by atoms with Gasteiger partial charge in [-0.3, -0.25) is 14.5 Å². The Kier molecular flexibility index (Phi) is 8.00. The van der Waals surface area contributed by atoms with E-state index in [4.69, 9.17) is 4.74 Å². The molecule has 0 atom stereocenters. The highest BCUT2D eigenvalue weighted by molar-refractivity contribution is 5.88. The molecule has 1 aromatic heterocycles. The molecule has 1 N–H and O–H groups in total. The van der Waals surface area contributed by atoms with Crippen molar-refractivity contribution in [2.75, 3.05) is 51.2 Å². The van der Waals surface area contributed by atoms with Gasteiger partial charge < -0.3 is 19.9 Å². The first-order valence-corrected chi connectivity index (χ1v) is 12.0. The third-order valence-corrected chi connectivity index (χ3v) is 6.25. The summed E-state index contributed by atoms with van der Waals surface area (Å²) in [6.07, 6.45) is -1.27. The number of carbonyl (C=O) groups excluding carboxylic acids is 3. The first-order valence-electron chi connectivity index (χ1n) is 12.0. The van der Waals surface area contributed by atoms with Crippen molar-refractivity contribution in [1.82, 2.24) is 24.5 Å². The van der Waals surface area contributed by atoms with Crippen molar-refractivity contribution in [1.29, 1.82) is 0 Å². The Hall–Kier alpha value is -3.61.